The monoisotopic (exact) mass is 360 g/mol. The summed E-state index contributed by atoms with van der Waals surface area (Å²) in [5, 5.41) is 10.7. The van der Waals surface area contributed by atoms with Crippen LogP contribution in [0.4, 0.5) is 10.1 Å². The zero-order valence-corrected chi connectivity index (χ0v) is 14.6. The van der Waals surface area contributed by atoms with Gasteiger partial charge in [0.15, 0.2) is 11.6 Å². The minimum Gasteiger partial charge on any atom is -0.492 e. The van der Waals surface area contributed by atoms with Gasteiger partial charge in [-0.3, -0.25) is 15.0 Å². The van der Waals surface area contributed by atoms with Crippen molar-refractivity contribution >= 4 is 5.69 Å². The Morgan fingerprint density at radius 2 is 2.04 bits per heavy atom. The van der Waals surface area contributed by atoms with Crippen LogP contribution in [0.3, 0.4) is 0 Å². The lowest BCUT2D eigenvalue weighted by molar-refractivity contribution is -0.385. The van der Waals surface area contributed by atoms with E-state index in [0.29, 0.717) is 13.2 Å². The van der Waals surface area contributed by atoms with Crippen molar-refractivity contribution in [1.82, 2.24) is 4.90 Å². The van der Waals surface area contributed by atoms with Crippen LogP contribution in [0.2, 0.25) is 0 Å². The normalized spacial score (nSPS) is 20.1. The third-order valence-electron chi connectivity index (χ3n) is 4.42. The summed E-state index contributed by atoms with van der Waals surface area (Å²) in [5.74, 6) is 0.158. The Balaban J connectivity index is 1.52. The van der Waals surface area contributed by atoms with Gasteiger partial charge in [-0.25, -0.2) is 4.39 Å². The molecule has 0 amide bonds. The molecule has 2 aromatic rings. The number of hydrogen-bond donors (Lipinski definition) is 0. The predicted molar refractivity (Wildman–Crippen MR) is 95.1 cm³/mol. The molecule has 1 unspecified atom stereocenters. The lowest BCUT2D eigenvalue weighted by Gasteiger charge is -2.26. The van der Waals surface area contributed by atoms with Gasteiger partial charge >= 0.3 is 0 Å². The van der Waals surface area contributed by atoms with E-state index in [1.807, 2.05) is 37.3 Å². The van der Waals surface area contributed by atoms with Crippen LogP contribution in [-0.4, -0.2) is 41.7 Å². The van der Waals surface area contributed by atoms with Gasteiger partial charge in [0.1, 0.15) is 18.0 Å². The summed E-state index contributed by atoms with van der Waals surface area (Å²) >= 11 is 0. The Hall–Kier alpha value is -2.67. The van der Waals surface area contributed by atoms with Gasteiger partial charge in [-0.1, -0.05) is 18.2 Å². The molecule has 3 rings (SSSR count). The predicted octanol–water partition coefficient (Wildman–Crippen LogP) is 3.66. The van der Waals surface area contributed by atoms with E-state index in [2.05, 4.69) is 4.90 Å². The number of para-hydroxylation sites is 1. The maximum atomic E-state index is 14.1. The second-order valence-electron chi connectivity index (χ2n) is 6.61. The number of benzene rings is 2. The number of halogens is 1. The van der Waals surface area contributed by atoms with Gasteiger partial charge in [-0.05, 0) is 25.1 Å². The first-order chi connectivity index (χ1) is 12.5. The summed E-state index contributed by atoms with van der Waals surface area (Å²) in [6.07, 6.45) is 0.745. The standard InChI is InChI=1S/C19H21FN2O4/c1-19(26-18-8-7-15(22(23)24)13-17(18)20)9-10-21(14-19)11-12-25-16-5-3-2-4-6-16/h2-8,13H,9-12,14H2,1H3. The SMILES string of the molecule is CC1(Oc2ccc([N+](=O)[O-])cc2F)CCN(CCOc2ccccc2)C1. The summed E-state index contributed by atoms with van der Waals surface area (Å²) in [5.41, 5.74) is -0.824. The molecule has 138 valence electrons. The Bertz CT molecular complexity index is 771. The van der Waals surface area contributed by atoms with Gasteiger partial charge in [0.2, 0.25) is 0 Å². The Morgan fingerprint density at radius 1 is 1.27 bits per heavy atom. The van der Waals surface area contributed by atoms with E-state index in [1.54, 1.807) is 0 Å². The van der Waals surface area contributed by atoms with Crippen LogP contribution in [-0.2, 0) is 0 Å². The molecule has 0 saturated carbocycles. The molecule has 1 atom stereocenters. The number of non-ortho nitro benzene ring substituents is 1. The highest BCUT2D eigenvalue weighted by molar-refractivity contribution is 5.38. The topological polar surface area (TPSA) is 64.8 Å². The van der Waals surface area contributed by atoms with Crippen LogP contribution in [0, 0.1) is 15.9 Å². The molecule has 7 heteroatoms. The van der Waals surface area contributed by atoms with Crippen LogP contribution in [0.25, 0.3) is 0 Å². The van der Waals surface area contributed by atoms with Crippen LogP contribution >= 0.6 is 0 Å². The quantitative estimate of drug-likeness (QED) is 0.557. The first kappa shape index (κ1) is 18.1. The van der Waals surface area contributed by atoms with Crippen LogP contribution in [0.15, 0.2) is 48.5 Å². The van der Waals surface area contributed by atoms with E-state index in [1.165, 1.54) is 12.1 Å². The van der Waals surface area contributed by atoms with Gasteiger partial charge in [0.25, 0.3) is 5.69 Å². The molecule has 26 heavy (non-hydrogen) atoms. The van der Waals surface area contributed by atoms with E-state index >= 15 is 0 Å². The largest absolute Gasteiger partial charge is 0.492 e. The number of nitro benzene ring substituents is 1. The van der Waals surface area contributed by atoms with Gasteiger partial charge in [0.05, 0.1) is 11.0 Å². The highest BCUT2D eigenvalue weighted by Gasteiger charge is 2.36. The van der Waals surface area contributed by atoms with Gasteiger partial charge in [-0.15, -0.1) is 0 Å². The van der Waals surface area contributed by atoms with Gasteiger partial charge in [0, 0.05) is 32.1 Å². The van der Waals surface area contributed by atoms with Crippen molar-refractivity contribution in [1.29, 1.82) is 0 Å². The molecule has 0 spiro atoms. The number of nitro groups is 1. The Labute approximate surface area is 151 Å². The fourth-order valence-electron chi connectivity index (χ4n) is 3.06. The van der Waals surface area contributed by atoms with Gasteiger partial charge < -0.3 is 9.47 Å². The highest BCUT2D eigenvalue weighted by atomic mass is 19.1. The highest BCUT2D eigenvalue weighted by Crippen LogP contribution is 2.30. The summed E-state index contributed by atoms with van der Waals surface area (Å²) in [4.78, 5) is 12.3. The van der Waals surface area contributed by atoms with E-state index in [4.69, 9.17) is 9.47 Å². The first-order valence-corrected chi connectivity index (χ1v) is 8.48. The second kappa shape index (κ2) is 7.70. The lowest BCUT2D eigenvalue weighted by Crippen LogP contribution is -2.37. The van der Waals surface area contributed by atoms with Crippen molar-refractivity contribution in [2.45, 2.75) is 18.9 Å². The van der Waals surface area contributed by atoms with Crippen molar-refractivity contribution in [3.63, 3.8) is 0 Å². The van der Waals surface area contributed by atoms with Crippen molar-refractivity contribution in [3.05, 3.63) is 64.5 Å². The number of rotatable bonds is 7. The lowest BCUT2D eigenvalue weighted by atomic mass is 10.1. The molecule has 0 radical (unpaired) electrons. The number of hydrogen-bond acceptors (Lipinski definition) is 5. The van der Waals surface area contributed by atoms with Crippen LogP contribution in [0.1, 0.15) is 13.3 Å². The average Bonchev–Trinajstić information content (AvgIpc) is 2.98. The molecule has 2 aromatic carbocycles. The van der Waals surface area contributed by atoms with Crippen molar-refractivity contribution in [2.75, 3.05) is 26.2 Å². The van der Waals surface area contributed by atoms with E-state index < -0.39 is 16.3 Å². The van der Waals surface area contributed by atoms with E-state index in [9.17, 15) is 14.5 Å². The van der Waals surface area contributed by atoms with E-state index in [0.717, 1.165) is 31.3 Å². The maximum Gasteiger partial charge on any atom is 0.272 e. The molecule has 1 saturated heterocycles. The van der Waals surface area contributed by atoms with E-state index in [-0.39, 0.29) is 11.4 Å². The number of ether oxygens (including phenoxy) is 2. The van der Waals surface area contributed by atoms with Crippen molar-refractivity contribution in [3.8, 4) is 11.5 Å². The molecule has 1 fully saturated rings. The third kappa shape index (κ3) is 4.49. The van der Waals surface area contributed by atoms with Crippen LogP contribution in [0.5, 0.6) is 11.5 Å². The molecule has 0 N–H and O–H groups in total. The number of likely N-dealkylation sites (tertiary alicyclic amines) is 1. The maximum absolute atomic E-state index is 14.1. The minimum absolute atomic E-state index is 0.0421. The summed E-state index contributed by atoms with van der Waals surface area (Å²) in [7, 11) is 0. The van der Waals surface area contributed by atoms with Crippen molar-refractivity contribution in [2.24, 2.45) is 0 Å². The fourth-order valence-corrected chi connectivity index (χ4v) is 3.06. The third-order valence-corrected chi connectivity index (χ3v) is 4.42. The molecule has 1 aliphatic rings. The summed E-state index contributed by atoms with van der Waals surface area (Å²) in [6.45, 7) is 4.69. The zero-order chi connectivity index (χ0) is 18.6. The molecule has 0 aromatic heterocycles. The smallest absolute Gasteiger partial charge is 0.272 e. The molecule has 6 nitrogen and oxygen atoms in total. The molecule has 0 bridgehead atoms. The minimum atomic E-state index is -0.716. The first-order valence-electron chi connectivity index (χ1n) is 8.48. The second-order valence-corrected chi connectivity index (χ2v) is 6.61. The molecule has 1 heterocycles. The average molecular weight is 360 g/mol. The summed E-state index contributed by atoms with van der Waals surface area (Å²) in [6, 6.07) is 13.1. The molecular formula is C19H21FN2O4. The fraction of sp³-hybridized carbons (Fsp3) is 0.368. The molecule has 1 aliphatic heterocycles. The zero-order valence-electron chi connectivity index (χ0n) is 14.6. The van der Waals surface area contributed by atoms with Crippen LogP contribution < -0.4 is 9.47 Å². The Kier molecular flexibility index (Phi) is 5.37. The molecule has 0 aliphatic carbocycles. The Morgan fingerprint density at radius 3 is 2.73 bits per heavy atom. The number of nitrogens with zero attached hydrogens (tertiary/aromatic N) is 2. The van der Waals surface area contributed by atoms with Gasteiger partial charge in [-0.2, -0.15) is 0 Å². The van der Waals surface area contributed by atoms with Crippen molar-refractivity contribution < 1.29 is 18.8 Å². The molecular weight excluding hydrogens is 339 g/mol. The summed E-state index contributed by atoms with van der Waals surface area (Å²) < 4.78 is 25.6.